The second kappa shape index (κ2) is 19.7. The molecule has 0 aliphatic heterocycles. The highest BCUT2D eigenvalue weighted by Gasteiger charge is 1.96. The second-order valence-electron chi connectivity index (χ2n) is 4.57. The van der Waals surface area contributed by atoms with Crippen LogP contribution in [0, 0.1) is 0 Å². The average Bonchev–Trinajstić information content (AvgIpc) is 2.30. The molecule has 0 aromatic carbocycles. The topological polar surface area (TPSA) is 37.3 Å². The van der Waals surface area contributed by atoms with Gasteiger partial charge >= 0.3 is 5.97 Å². The van der Waals surface area contributed by atoms with Crippen molar-refractivity contribution in [2.45, 2.75) is 77.5 Å². The highest BCUT2D eigenvalue weighted by atomic mass is 127. The largest absolute Gasteiger partial charge is 0.481 e. The van der Waals surface area contributed by atoms with Crippen molar-refractivity contribution in [1.82, 2.24) is 0 Å². The number of hydrogen-bond acceptors (Lipinski definition) is 1. The van der Waals surface area contributed by atoms with E-state index in [-0.39, 0.29) is 1.43 Å². The maximum atomic E-state index is 10.2. The highest BCUT2D eigenvalue weighted by molar-refractivity contribution is 14.3. The Bertz CT molecular complexity index is 191. The van der Waals surface area contributed by atoms with Gasteiger partial charge in [-0.15, -0.1) is 0 Å². The Kier molecular flexibility index (Phi) is 23.7. The van der Waals surface area contributed by atoms with Crippen LogP contribution < -0.4 is 0 Å². The molecule has 5 heteroatoms. The Morgan fingerprint density at radius 3 is 1.53 bits per heavy atom. The molecule has 0 spiro atoms. The molecular weight excluding hydrogens is 581 g/mol. The molecule has 0 amide bonds. The smallest absolute Gasteiger partial charge is 0.303 e. The van der Waals surface area contributed by atoms with Crippen molar-refractivity contribution in [2.24, 2.45) is 0 Å². The first-order valence-corrected chi connectivity index (χ1v) is 10.9. The van der Waals surface area contributed by atoms with Gasteiger partial charge < -0.3 is 5.11 Å². The molecule has 0 radical (unpaired) electrons. The highest BCUT2D eigenvalue weighted by Crippen LogP contribution is 2.16. The van der Waals surface area contributed by atoms with Crippen LogP contribution in [0.25, 0.3) is 0 Å². The van der Waals surface area contributed by atoms with Crippen LogP contribution in [0.5, 0.6) is 0 Å². The molecule has 0 aromatic heterocycles. The molecule has 0 heterocycles. The lowest BCUT2D eigenvalue weighted by Crippen LogP contribution is -1.93. The third kappa shape index (κ3) is 32.9. The lowest BCUT2D eigenvalue weighted by Gasteiger charge is -2.01. The fraction of sp³-hybridized carbons (Fsp3) is 0.929. The molecule has 0 bridgehead atoms. The minimum atomic E-state index is -0.658. The van der Waals surface area contributed by atoms with Crippen molar-refractivity contribution in [3.63, 3.8) is 0 Å². The lowest BCUT2D eigenvalue weighted by molar-refractivity contribution is -0.137. The molecular formula is C14H29I3O2. The van der Waals surface area contributed by atoms with E-state index < -0.39 is 5.97 Å². The third-order valence-corrected chi connectivity index (χ3v) is 2.74. The number of aliphatic carboxylic acids is 1. The van der Waals surface area contributed by atoms with Crippen LogP contribution in [-0.4, -0.2) is 11.0 Å². The molecule has 0 aliphatic rings. The van der Waals surface area contributed by atoms with E-state index in [4.69, 9.17) is 5.11 Å². The van der Waals surface area contributed by atoms with Crippen molar-refractivity contribution < 1.29 is 11.3 Å². The normalized spacial score (nSPS) is 10.2. The summed E-state index contributed by atoms with van der Waals surface area (Å²) in [6, 6.07) is 0. The van der Waals surface area contributed by atoms with Gasteiger partial charge in [0, 0.05) is 7.85 Å². The molecule has 1 N–H and O–H groups in total. The van der Waals surface area contributed by atoms with Gasteiger partial charge in [0.15, 0.2) is 0 Å². The summed E-state index contributed by atoms with van der Waals surface area (Å²) in [5, 5.41) is 8.44. The Labute approximate surface area is 161 Å². The molecule has 0 aliphatic carbocycles. The number of carbonyl (C=O) groups is 1. The van der Waals surface area contributed by atoms with Gasteiger partial charge in [-0.05, 0) is 6.42 Å². The van der Waals surface area contributed by atoms with Gasteiger partial charge in [-0.3, -0.25) is 4.79 Å². The van der Waals surface area contributed by atoms with Gasteiger partial charge in [-0.2, -0.15) is 0 Å². The predicted molar refractivity (Wildman–Crippen MR) is 112 cm³/mol. The third-order valence-electron chi connectivity index (χ3n) is 2.74. The van der Waals surface area contributed by atoms with Crippen molar-refractivity contribution >= 4 is 73.7 Å². The van der Waals surface area contributed by atoms with Gasteiger partial charge in [-0.25, -0.2) is 0 Å². The minimum Gasteiger partial charge on any atom is -0.481 e. The maximum absolute atomic E-state index is 10.2. The van der Waals surface area contributed by atoms with Crippen LogP contribution in [0.15, 0.2) is 0 Å². The van der Waals surface area contributed by atoms with Gasteiger partial charge in [0.25, 0.3) is 0 Å². The summed E-state index contributed by atoms with van der Waals surface area (Å²) in [6.45, 7) is 2.24. The van der Waals surface area contributed by atoms with E-state index in [9.17, 15) is 4.79 Å². The van der Waals surface area contributed by atoms with Gasteiger partial charge in [0.2, 0.25) is 0 Å². The zero-order valence-electron chi connectivity index (χ0n) is 11.8. The number of carboxylic acid groups (broad SMARTS) is 1. The van der Waals surface area contributed by atoms with E-state index >= 15 is 0 Å². The fourth-order valence-corrected chi connectivity index (χ4v) is 1.76. The molecule has 0 unspecified atom stereocenters. The van der Waals surface area contributed by atoms with E-state index in [0.29, 0.717) is 6.42 Å². The number of unbranched alkanes of at least 4 members (excludes halogenated alkanes) is 9. The van der Waals surface area contributed by atoms with Crippen molar-refractivity contribution in [3.8, 4) is 0 Å². The second-order valence-corrected chi connectivity index (χ2v) is 15.5. The summed E-state index contributed by atoms with van der Waals surface area (Å²) >= 11 is 6.95. The van der Waals surface area contributed by atoms with Crippen LogP contribution in [-0.2, 0) is 4.79 Å². The lowest BCUT2D eigenvalue weighted by atomic mass is 10.1. The Hall–Kier alpha value is 1.66. The molecule has 0 saturated carbocycles. The molecule has 0 rings (SSSR count). The first-order valence-electron chi connectivity index (χ1n) is 7.14. The maximum Gasteiger partial charge on any atom is 0.303 e. The van der Waals surface area contributed by atoms with E-state index in [2.05, 4.69) is 74.7 Å². The summed E-state index contributed by atoms with van der Waals surface area (Å²) in [7, 11) is 0. The summed E-state index contributed by atoms with van der Waals surface area (Å²) in [5.41, 5.74) is 0. The zero-order chi connectivity index (χ0) is 14.9. The van der Waals surface area contributed by atoms with Crippen LogP contribution in [0.2, 0.25) is 0 Å². The Morgan fingerprint density at radius 1 is 0.895 bits per heavy atom. The molecule has 19 heavy (non-hydrogen) atoms. The van der Waals surface area contributed by atoms with Gasteiger partial charge in [-0.1, -0.05) is 132 Å². The van der Waals surface area contributed by atoms with Gasteiger partial charge in [0.05, 0.1) is 0 Å². The zero-order valence-corrected chi connectivity index (χ0v) is 18.3. The van der Waals surface area contributed by atoms with Gasteiger partial charge in [0.1, 0.15) is -0.0619 Å². The number of hydrogen-bond donors (Lipinski definition) is 1. The van der Waals surface area contributed by atoms with Crippen LogP contribution in [0.3, 0.4) is 0 Å². The summed E-state index contributed by atoms with van der Waals surface area (Å²) < 4.78 is 0.743. The molecule has 118 valence electrons. The first kappa shape index (κ1) is 22.9. The quantitative estimate of drug-likeness (QED) is 0.153. The number of carboxylic acids is 1. The standard InChI is InChI=1S/C13H26O2.CHI3.H2/c1-2-3-4-5-6-7-8-9-10-11-12-13(14)15;2-1(3)4;/h2-12H2,1H3,(H,14,15);1H;1H. The monoisotopic (exact) mass is 610 g/mol. The molecule has 0 atom stereocenters. The fourth-order valence-electron chi connectivity index (χ4n) is 1.76. The summed E-state index contributed by atoms with van der Waals surface area (Å²) in [4.78, 5) is 10.2. The van der Waals surface area contributed by atoms with Crippen molar-refractivity contribution in [2.75, 3.05) is 0 Å². The SMILES string of the molecule is CCCCCCCCCCCCC(=O)O.IC(I)I.[HH]. The van der Waals surface area contributed by atoms with Crippen LogP contribution in [0.1, 0.15) is 79.0 Å². The summed E-state index contributed by atoms with van der Waals surface area (Å²) in [6.07, 6.45) is 12.9. The number of alkyl halides is 3. The first-order chi connectivity index (χ1) is 9.00. The Morgan fingerprint density at radius 2 is 1.21 bits per heavy atom. The van der Waals surface area contributed by atoms with Crippen LogP contribution in [0.4, 0.5) is 0 Å². The molecule has 2 nitrogen and oxygen atoms in total. The van der Waals surface area contributed by atoms with E-state index in [0.717, 1.165) is 12.8 Å². The molecule has 0 aromatic rings. The number of halogens is 3. The van der Waals surface area contributed by atoms with E-state index in [1.54, 1.807) is 0 Å². The van der Waals surface area contributed by atoms with E-state index in [1.807, 2.05) is 0 Å². The molecule has 0 saturated heterocycles. The number of rotatable bonds is 11. The van der Waals surface area contributed by atoms with Crippen LogP contribution >= 0.6 is 67.8 Å². The van der Waals surface area contributed by atoms with E-state index in [1.165, 1.54) is 51.4 Å². The summed E-state index contributed by atoms with van der Waals surface area (Å²) in [5.74, 6) is -0.658. The van der Waals surface area contributed by atoms with Crippen molar-refractivity contribution in [3.05, 3.63) is 0 Å². The minimum absolute atomic E-state index is 0. The average molecular weight is 610 g/mol. The van der Waals surface area contributed by atoms with Crippen molar-refractivity contribution in [1.29, 1.82) is 0 Å². The predicted octanol–water partition coefficient (Wildman–Crippen LogP) is 7.20. The Balaban J connectivity index is -0.000000508. The molecule has 0 fully saturated rings.